The van der Waals surface area contributed by atoms with Gasteiger partial charge in [-0.25, -0.2) is 0 Å². The van der Waals surface area contributed by atoms with Crippen molar-refractivity contribution in [2.45, 2.75) is 19.2 Å². The van der Waals surface area contributed by atoms with E-state index in [0.29, 0.717) is 5.88 Å². The lowest BCUT2D eigenvalue weighted by Crippen LogP contribution is -1.78. The molecule has 0 saturated heterocycles. The van der Waals surface area contributed by atoms with Crippen LogP contribution in [0.5, 0.6) is 0 Å². The minimum atomic E-state index is 0.567. The van der Waals surface area contributed by atoms with E-state index < -0.39 is 0 Å². The number of rotatable bonds is 2. The van der Waals surface area contributed by atoms with E-state index in [1.165, 1.54) is 15.1 Å². The van der Waals surface area contributed by atoms with E-state index in [1.807, 2.05) is 6.07 Å². The van der Waals surface area contributed by atoms with Gasteiger partial charge in [0.1, 0.15) is 0 Å². The van der Waals surface area contributed by atoms with Crippen molar-refractivity contribution in [3.8, 4) is 0 Å². The fourth-order valence-corrected chi connectivity index (χ4v) is 3.07. The lowest BCUT2D eigenvalue weighted by molar-refractivity contribution is 1.15. The maximum atomic E-state index is 6.17. The average molecular weight is 245 g/mol. The second-order valence-corrected chi connectivity index (χ2v) is 5.03. The maximum Gasteiger partial charge on any atom is 0.0568 e. The summed E-state index contributed by atoms with van der Waals surface area (Å²) in [7, 11) is 0. The molecule has 0 saturated carbocycles. The quantitative estimate of drug-likeness (QED) is 0.663. The van der Waals surface area contributed by atoms with Crippen LogP contribution in [-0.4, -0.2) is 0 Å². The Morgan fingerprint density at radius 3 is 2.71 bits per heavy atom. The summed E-state index contributed by atoms with van der Waals surface area (Å²) in [6.45, 7) is 2.13. The lowest BCUT2D eigenvalue weighted by Gasteiger charge is -1.98. The molecule has 0 unspecified atom stereocenters. The highest BCUT2D eigenvalue weighted by Crippen LogP contribution is 2.33. The van der Waals surface area contributed by atoms with Crippen LogP contribution in [0.2, 0.25) is 5.02 Å². The fraction of sp³-hybridized carbons (Fsp3) is 0.273. The summed E-state index contributed by atoms with van der Waals surface area (Å²) in [6, 6.07) is 6.31. The molecule has 0 radical (unpaired) electrons. The first-order valence-electron chi connectivity index (χ1n) is 4.51. The van der Waals surface area contributed by atoms with Crippen molar-refractivity contribution in [2.75, 3.05) is 0 Å². The van der Waals surface area contributed by atoms with E-state index in [0.717, 1.165) is 16.8 Å². The Kier molecular flexibility index (Phi) is 3.01. The summed E-state index contributed by atoms with van der Waals surface area (Å²) < 4.78 is 1.24. The second-order valence-electron chi connectivity index (χ2n) is 3.19. The number of alkyl halides is 1. The van der Waals surface area contributed by atoms with E-state index in [2.05, 4.69) is 19.1 Å². The van der Waals surface area contributed by atoms with Crippen LogP contribution < -0.4 is 0 Å². The van der Waals surface area contributed by atoms with Crippen molar-refractivity contribution in [3.05, 3.63) is 33.7 Å². The molecule has 1 aromatic heterocycles. The molecule has 0 aliphatic carbocycles. The molecule has 1 heterocycles. The monoisotopic (exact) mass is 244 g/mol. The molecule has 14 heavy (non-hydrogen) atoms. The van der Waals surface area contributed by atoms with Crippen molar-refractivity contribution in [3.63, 3.8) is 0 Å². The SMILES string of the molecule is CCc1cc(Cl)c2cc(CCl)sc2c1. The zero-order chi connectivity index (χ0) is 10.1. The highest BCUT2D eigenvalue weighted by molar-refractivity contribution is 7.19. The standard InChI is InChI=1S/C11H10Cl2S/c1-2-7-3-10(13)9-5-8(6-12)14-11(9)4-7/h3-5H,2,6H2,1H3. The number of hydrogen-bond donors (Lipinski definition) is 0. The molecule has 0 spiro atoms. The Balaban J connectivity index is 2.67. The van der Waals surface area contributed by atoms with E-state index in [-0.39, 0.29) is 0 Å². The predicted octanol–water partition coefficient (Wildman–Crippen LogP) is 4.86. The number of benzene rings is 1. The highest BCUT2D eigenvalue weighted by Gasteiger charge is 2.06. The second kappa shape index (κ2) is 4.09. The zero-order valence-corrected chi connectivity index (χ0v) is 10.1. The summed E-state index contributed by atoms with van der Waals surface area (Å²) in [5.74, 6) is 0.567. The molecule has 2 aromatic rings. The third-order valence-electron chi connectivity index (χ3n) is 2.24. The van der Waals surface area contributed by atoms with Gasteiger partial charge in [0.25, 0.3) is 0 Å². The average Bonchev–Trinajstić information content (AvgIpc) is 2.61. The van der Waals surface area contributed by atoms with Crippen LogP contribution in [0.1, 0.15) is 17.4 Å². The molecule has 2 rings (SSSR count). The first kappa shape index (κ1) is 10.3. The first-order valence-corrected chi connectivity index (χ1v) is 6.24. The Labute approximate surface area is 97.5 Å². The van der Waals surface area contributed by atoms with Crippen LogP contribution >= 0.6 is 34.5 Å². The summed E-state index contributed by atoms with van der Waals surface area (Å²) in [5.41, 5.74) is 1.28. The molecular formula is C11H10Cl2S. The van der Waals surface area contributed by atoms with E-state index in [4.69, 9.17) is 23.2 Å². The van der Waals surface area contributed by atoms with Crippen LogP contribution in [0, 0.1) is 0 Å². The highest BCUT2D eigenvalue weighted by atomic mass is 35.5. The van der Waals surface area contributed by atoms with Crippen LogP contribution in [0.3, 0.4) is 0 Å². The molecule has 0 aliphatic heterocycles. The zero-order valence-electron chi connectivity index (χ0n) is 7.81. The fourth-order valence-electron chi connectivity index (χ4n) is 1.47. The Morgan fingerprint density at radius 2 is 2.07 bits per heavy atom. The molecule has 0 N–H and O–H groups in total. The molecular weight excluding hydrogens is 235 g/mol. The Morgan fingerprint density at radius 1 is 1.29 bits per heavy atom. The molecule has 0 amide bonds. The summed E-state index contributed by atoms with van der Waals surface area (Å²) in [6.07, 6.45) is 1.02. The molecule has 0 bridgehead atoms. The van der Waals surface area contributed by atoms with Gasteiger partial charge in [-0.15, -0.1) is 22.9 Å². The third-order valence-corrected chi connectivity index (χ3v) is 4.08. The molecule has 0 nitrogen and oxygen atoms in total. The Bertz CT molecular complexity index is 460. The normalized spacial score (nSPS) is 11.1. The number of halogens is 2. The van der Waals surface area contributed by atoms with E-state index in [9.17, 15) is 0 Å². The minimum Gasteiger partial charge on any atom is -0.139 e. The maximum absolute atomic E-state index is 6.17. The third kappa shape index (κ3) is 1.77. The van der Waals surface area contributed by atoms with Gasteiger partial charge >= 0.3 is 0 Å². The van der Waals surface area contributed by atoms with Crippen molar-refractivity contribution in [1.82, 2.24) is 0 Å². The lowest BCUT2D eigenvalue weighted by atomic mass is 10.1. The summed E-state index contributed by atoms with van der Waals surface area (Å²) >= 11 is 13.7. The summed E-state index contributed by atoms with van der Waals surface area (Å²) in [5, 5.41) is 1.97. The van der Waals surface area contributed by atoms with Gasteiger partial charge in [0.15, 0.2) is 0 Å². The van der Waals surface area contributed by atoms with Crippen molar-refractivity contribution in [1.29, 1.82) is 0 Å². The molecule has 0 fully saturated rings. The van der Waals surface area contributed by atoms with Gasteiger partial charge in [0.2, 0.25) is 0 Å². The molecule has 74 valence electrons. The van der Waals surface area contributed by atoms with Crippen molar-refractivity contribution in [2.24, 2.45) is 0 Å². The number of hydrogen-bond acceptors (Lipinski definition) is 1. The predicted molar refractivity (Wildman–Crippen MR) is 65.8 cm³/mol. The number of fused-ring (bicyclic) bond motifs is 1. The largest absolute Gasteiger partial charge is 0.139 e. The van der Waals surface area contributed by atoms with Gasteiger partial charge < -0.3 is 0 Å². The molecule has 0 aliphatic rings. The molecule has 1 aromatic carbocycles. The molecule has 0 atom stereocenters. The van der Waals surface area contributed by atoms with Gasteiger partial charge in [-0.1, -0.05) is 18.5 Å². The van der Waals surface area contributed by atoms with Gasteiger partial charge in [0.05, 0.1) is 5.88 Å². The van der Waals surface area contributed by atoms with Crippen LogP contribution in [0.4, 0.5) is 0 Å². The van der Waals surface area contributed by atoms with Gasteiger partial charge in [-0.2, -0.15) is 0 Å². The van der Waals surface area contributed by atoms with Crippen LogP contribution in [0.25, 0.3) is 10.1 Å². The van der Waals surface area contributed by atoms with E-state index >= 15 is 0 Å². The number of thiophene rings is 1. The summed E-state index contributed by atoms with van der Waals surface area (Å²) in [4.78, 5) is 1.18. The smallest absolute Gasteiger partial charge is 0.0568 e. The van der Waals surface area contributed by atoms with Gasteiger partial charge in [-0.3, -0.25) is 0 Å². The van der Waals surface area contributed by atoms with E-state index in [1.54, 1.807) is 11.3 Å². The van der Waals surface area contributed by atoms with Crippen LogP contribution in [-0.2, 0) is 12.3 Å². The van der Waals surface area contributed by atoms with Gasteiger partial charge in [0, 0.05) is 20.0 Å². The molecule has 3 heteroatoms. The van der Waals surface area contributed by atoms with Gasteiger partial charge in [-0.05, 0) is 30.2 Å². The Hall–Kier alpha value is -0.240. The number of aryl methyl sites for hydroxylation is 1. The minimum absolute atomic E-state index is 0.567. The van der Waals surface area contributed by atoms with Crippen molar-refractivity contribution < 1.29 is 0 Å². The van der Waals surface area contributed by atoms with Crippen LogP contribution in [0.15, 0.2) is 18.2 Å². The first-order chi connectivity index (χ1) is 6.74. The van der Waals surface area contributed by atoms with Crippen molar-refractivity contribution >= 4 is 44.6 Å². The topological polar surface area (TPSA) is 0 Å².